The number of carboxylic acids is 1. The van der Waals surface area contributed by atoms with E-state index in [0.717, 1.165) is 16.5 Å². The molecule has 4 nitrogen and oxygen atoms in total. The van der Waals surface area contributed by atoms with Crippen molar-refractivity contribution in [3.63, 3.8) is 0 Å². The number of halogens is 1. The van der Waals surface area contributed by atoms with E-state index in [1.165, 1.54) is 0 Å². The Bertz CT molecular complexity index is 801. The number of hydrogen-bond acceptors (Lipinski definition) is 2. The second kappa shape index (κ2) is 4.72. The van der Waals surface area contributed by atoms with Crippen LogP contribution in [0.4, 0.5) is 0 Å². The molecule has 5 heteroatoms. The molecule has 2 heterocycles. The fourth-order valence-corrected chi connectivity index (χ4v) is 2.58. The Hall–Kier alpha value is -2.20. The van der Waals surface area contributed by atoms with Crippen molar-refractivity contribution in [1.29, 1.82) is 0 Å². The number of aromatic nitrogens is 1. The van der Waals surface area contributed by atoms with Crippen molar-refractivity contribution in [2.24, 2.45) is 0 Å². The van der Waals surface area contributed by atoms with Crippen LogP contribution < -0.4 is 0 Å². The van der Waals surface area contributed by atoms with Crippen LogP contribution in [0.1, 0.15) is 21.9 Å². The number of para-hydroxylation sites is 1. The van der Waals surface area contributed by atoms with Gasteiger partial charge in [-0.25, -0.2) is 4.79 Å². The first kappa shape index (κ1) is 12.8. The summed E-state index contributed by atoms with van der Waals surface area (Å²) in [7, 11) is 0. The molecule has 0 saturated heterocycles. The van der Waals surface area contributed by atoms with Crippen molar-refractivity contribution >= 4 is 28.5 Å². The molecule has 0 aliphatic rings. The van der Waals surface area contributed by atoms with Crippen molar-refractivity contribution in [3.05, 3.63) is 58.6 Å². The van der Waals surface area contributed by atoms with Crippen molar-refractivity contribution in [1.82, 2.24) is 4.57 Å². The minimum absolute atomic E-state index is 0.0416. The number of aryl methyl sites for hydroxylation is 1. The Balaban J connectivity index is 2.03. The molecule has 0 aliphatic carbocycles. The van der Waals surface area contributed by atoms with Crippen molar-refractivity contribution in [3.8, 4) is 0 Å². The van der Waals surface area contributed by atoms with Gasteiger partial charge < -0.3 is 14.1 Å². The van der Waals surface area contributed by atoms with E-state index in [1.54, 1.807) is 13.0 Å². The lowest BCUT2D eigenvalue weighted by molar-refractivity contribution is 0.0661. The van der Waals surface area contributed by atoms with Crippen LogP contribution >= 0.6 is 11.6 Å². The molecule has 3 aromatic rings. The average Bonchev–Trinajstić information content (AvgIpc) is 2.93. The van der Waals surface area contributed by atoms with E-state index in [-0.39, 0.29) is 5.76 Å². The predicted molar refractivity (Wildman–Crippen MR) is 76.5 cm³/mol. The zero-order valence-electron chi connectivity index (χ0n) is 10.8. The van der Waals surface area contributed by atoms with Crippen molar-refractivity contribution in [2.75, 3.05) is 0 Å². The maximum absolute atomic E-state index is 10.9. The first-order chi connectivity index (χ1) is 9.56. The Morgan fingerprint density at radius 3 is 2.85 bits per heavy atom. The average molecular weight is 290 g/mol. The van der Waals surface area contributed by atoms with Gasteiger partial charge in [0.2, 0.25) is 5.76 Å². The fourth-order valence-electron chi connectivity index (χ4n) is 2.30. The molecule has 0 radical (unpaired) electrons. The van der Waals surface area contributed by atoms with E-state index in [1.807, 2.05) is 35.0 Å². The Morgan fingerprint density at radius 2 is 2.15 bits per heavy atom. The minimum atomic E-state index is -1.06. The van der Waals surface area contributed by atoms with Gasteiger partial charge in [0.1, 0.15) is 5.76 Å². The molecule has 2 aromatic heterocycles. The second-order valence-electron chi connectivity index (χ2n) is 4.62. The molecule has 0 atom stereocenters. The lowest BCUT2D eigenvalue weighted by Gasteiger charge is -2.03. The summed E-state index contributed by atoms with van der Waals surface area (Å²) in [5, 5.41) is 10.6. The largest absolute Gasteiger partial charge is 0.475 e. The van der Waals surface area contributed by atoms with E-state index in [4.69, 9.17) is 21.1 Å². The summed E-state index contributed by atoms with van der Waals surface area (Å²) in [6.45, 7) is 2.28. The molecule has 20 heavy (non-hydrogen) atoms. The normalized spacial score (nSPS) is 11.1. The third kappa shape index (κ3) is 2.08. The SMILES string of the molecule is Cc1oc(C(=O)O)cc1Cn1cc(Cl)c2ccccc21. The van der Waals surface area contributed by atoms with Gasteiger partial charge in [0.15, 0.2) is 0 Å². The Morgan fingerprint density at radius 1 is 1.40 bits per heavy atom. The lowest BCUT2D eigenvalue weighted by atomic mass is 10.2. The van der Waals surface area contributed by atoms with Gasteiger partial charge in [-0.3, -0.25) is 0 Å². The number of nitrogens with zero attached hydrogens (tertiary/aromatic N) is 1. The highest BCUT2D eigenvalue weighted by atomic mass is 35.5. The van der Waals surface area contributed by atoms with Gasteiger partial charge in [0.05, 0.1) is 11.6 Å². The van der Waals surface area contributed by atoms with Crippen LogP contribution in [0, 0.1) is 6.92 Å². The molecule has 102 valence electrons. The molecule has 0 spiro atoms. The van der Waals surface area contributed by atoms with E-state index < -0.39 is 5.97 Å². The number of carbonyl (C=O) groups is 1. The molecule has 0 bridgehead atoms. The van der Waals surface area contributed by atoms with E-state index in [9.17, 15) is 4.79 Å². The number of aromatic carboxylic acids is 1. The van der Waals surface area contributed by atoms with Crippen molar-refractivity contribution < 1.29 is 14.3 Å². The van der Waals surface area contributed by atoms with Crippen LogP contribution in [0.3, 0.4) is 0 Å². The van der Waals surface area contributed by atoms with Gasteiger partial charge in [-0.2, -0.15) is 0 Å². The number of fused-ring (bicyclic) bond motifs is 1. The second-order valence-corrected chi connectivity index (χ2v) is 5.03. The number of rotatable bonds is 3. The van der Waals surface area contributed by atoms with Gasteiger partial charge in [-0.1, -0.05) is 29.8 Å². The van der Waals surface area contributed by atoms with Gasteiger partial charge in [0.25, 0.3) is 0 Å². The van der Waals surface area contributed by atoms with Gasteiger partial charge in [0, 0.05) is 22.7 Å². The third-order valence-corrected chi connectivity index (χ3v) is 3.61. The van der Waals surface area contributed by atoms with Gasteiger partial charge in [-0.05, 0) is 19.1 Å². The summed E-state index contributed by atoms with van der Waals surface area (Å²) in [5.74, 6) is -0.494. The fraction of sp³-hybridized carbons (Fsp3) is 0.133. The molecule has 0 amide bonds. The predicted octanol–water partition coefficient (Wildman–Crippen LogP) is 3.94. The molecule has 1 N–H and O–H groups in total. The number of hydrogen-bond donors (Lipinski definition) is 1. The highest BCUT2D eigenvalue weighted by molar-refractivity contribution is 6.35. The van der Waals surface area contributed by atoms with Crippen LogP contribution in [0.25, 0.3) is 10.9 Å². The molecular weight excluding hydrogens is 278 g/mol. The summed E-state index contributed by atoms with van der Waals surface area (Å²) in [5.41, 5.74) is 1.84. The summed E-state index contributed by atoms with van der Waals surface area (Å²) < 4.78 is 7.21. The quantitative estimate of drug-likeness (QED) is 0.794. The van der Waals surface area contributed by atoms with Crippen molar-refractivity contribution in [2.45, 2.75) is 13.5 Å². The minimum Gasteiger partial charge on any atom is -0.475 e. The number of carboxylic acid groups (broad SMARTS) is 1. The van der Waals surface area contributed by atoms with Crippen LogP contribution in [0.15, 0.2) is 40.9 Å². The molecule has 0 aliphatic heterocycles. The standard InChI is InChI=1S/C15H12ClNO3/c1-9-10(6-14(20-9)15(18)19)7-17-8-12(16)11-4-2-3-5-13(11)17/h2-6,8H,7H2,1H3,(H,18,19). The highest BCUT2D eigenvalue weighted by Gasteiger charge is 2.14. The van der Waals surface area contributed by atoms with Crippen LogP contribution in [0.5, 0.6) is 0 Å². The Labute approximate surface area is 120 Å². The zero-order valence-corrected chi connectivity index (χ0v) is 11.5. The topological polar surface area (TPSA) is 55.4 Å². The van der Waals surface area contributed by atoms with Gasteiger partial charge >= 0.3 is 5.97 Å². The van der Waals surface area contributed by atoms with E-state index in [2.05, 4.69) is 0 Å². The number of furan rings is 1. The first-order valence-corrected chi connectivity index (χ1v) is 6.50. The monoisotopic (exact) mass is 289 g/mol. The molecule has 3 rings (SSSR count). The molecule has 0 unspecified atom stereocenters. The molecule has 1 aromatic carbocycles. The first-order valence-electron chi connectivity index (χ1n) is 6.12. The van der Waals surface area contributed by atoms with E-state index in [0.29, 0.717) is 17.3 Å². The lowest BCUT2D eigenvalue weighted by Crippen LogP contribution is -1.98. The molecule has 0 fully saturated rings. The van der Waals surface area contributed by atoms with Crippen LogP contribution in [0.2, 0.25) is 5.02 Å². The smallest absolute Gasteiger partial charge is 0.371 e. The molecular formula is C15H12ClNO3. The maximum atomic E-state index is 10.9. The summed E-state index contributed by atoms with van der Waals surface area (Å²) in [6, 6.07) is 9.37. The summed E-state index contributed by atoms with van der Waals surface area (Å²) in [6.07, 6.45) is 1.85. The van der Waals surface area contributed by atoms with Crippen LogP contribution in [-0.2, 0) is 6.54 Å². The van der Waals surface area contributed by atoms with E-state index >= 15 is 0 Å². The highest BCUT2D eigenvalue weighted by Crippen LogP contribution is 2.27. The Kier molecular flexibility index (Phi) is 3.03. The number of benzene rings is 1. The third-order valence-electron chi connectivity index (χ3n) is 3.31. The zero-order chi connectivity index (χ0) is 14.3. The maximum Gasteiger partial charge on any atom is 0.371 e. The summed E-state index contributed by atoms with van der Waals surface area (Å²) in [4.78, 5) is 10.9. The van der Waals surface area contributed by atoms with Crippen LogP contribution in [-0.4, -0.2) is 15.6 Å². The molecule has 0 saturated carbocycles. The summed E-state index contributed by atoms with van der Waals surface area (Å²) >= 11 is 6.20. The van der Waals surface area contributed by atoms with Gasteiger partial charge in [-0.15, -0.1) is 0 Å².